The van der Waals surface area contributed by atoms with Crippen LogP contribution in [0.2, 0.25) is 0 Å². The largest absolute Gasteiger partial charge is 0.497 e. The molecule has 2 N–H and O–H groups in total. The summed E-state index contributed by atoms with van der Waals surface area (Å²) in [6.45, 7) is 2.65. The van der Waals surface area contributed by atoms with Crippen molar-refractivity contribution < 1.29 is 14.3 Å². The molecule has 5 heteroatoms. The predicted octanol–water partition coefficient (Wildman–Crippen LogP) is 3.06. The van der Waals surface area contributed by atoms with Gasteiger partial charge in [-0.15, -0.1) is 0 Å². The van der Waals surface area contributed by atoms with Gasteiger partial charge >= 0.3 is 0 Å². The Morgan fingerprint density at radius 2 is 1.84 bits per heavy atom. The van der Waals surface area contributed by atoms with E-state index in [1.807, 2.05) is 36.4 Å². The molecule has 2 rings (SSSR count). The second kappa shape index (κ2) is 9.47. The molecular weight excluding hydrogens is 316 g/mol. The van der Waals surface area contributed by atoms with Crippen molar-refractivity contribution in [3.8, 4) is 5.75 Å². The minimum absolute atomic E-state index is 0.00174. The van der Waals surface area contributed by atoms with E-state index >= 15 is 0 Å². The van der Waals surface area contributed by atoms with Crippen molar-refractivity contribution in [3.63, 3.8) is 0 Å². The lowest BCUT2D eigenvalue weighted by molar-refractivity contribution is -0.120. The number of anilines is 1. The van der Waals surface area contributed by atoms with E-state index in [2.05, 4.69) is 10.6 Å². The number of carbonyl (C=O) groups is 2. The fourth-order valence-corrected chi connectivity index (χ4v) is 2.43. The van der Waals surface area contributed by atoms with Gasteiger partial charge in [0.2, 0.25) is 5.91 Å². The Kier molecular flexibility index (Phi) is 7.01. The number of ketones is 1. The van der Waals surface area contributed by atoms with Crippen molar-refractivity contribution in [1.29, 1.82) is 0 Å². The van der Waals surface area contributed by atoms with Crippen molar-refractivity contribution in [3.05, 3.63) is 59.7 Å². The van der Waals surface area contributed by atoms with E-state index in [-0.39, 0.29) is 11.7 Å². The first kappa shape index (κ1) is 18.5. The van der Waals surface area contributed by atoms with E-state index in [9.17, 15) is 9.59 Å². The Bertz CT molecular complexity index is 728. The smallest absolute Gasteiger partial charge is 0.221 e. The number of amides is 1. The van der Waals surface area contributed by atoms with Gasteiger partial charge in [0.1, 0.15) is 5.75 Å². The van der Waals surface area contributed by atoms with Crippen LogP contribution < -0.4 is 15.4 Å². The average Bonchev–Trinajstić information content (AvgIpc) is 2.62. The van der Waals surface area contributed by atoms with Crippen molar-refractivity contribution >= 4 is 17.4 Å². The third-order valence-corrected chi connectivity index (χ3v) is 3.82. The minimum atomic E-state index is -0.00174. The highest BCUT2D eigenvalue weighted by Gasteiger charge is 2.03. The molecule has 0 aliphatic heterocycles. The van der Waals surface area contributed by atoms with Crippen LogP contribution in [0.4, 0.5) is 5.69 Å². The number of ether oxygens (including phenoxy) is 1. The highest BCUT2D eigenvalue weighted by molar-refractivity contribution is 5.94. The van der Waals surface area contributed by atoms with E-state index in [1.165, 1.54) is 6.92 Å². The number of benzene rings is 2. The van der Waals surface area contributed by atoms with Gasteiger partial charge in [0.15, 0.2) is 5.78 Å². The van der Waals surface area contributed by atoms with E-state index in [0.29, 0.717) is 25.1 Å². The Balaban J connectivity index is 1.68. The quantitative estimate of drug-likeness (QED) is 0.689. The summed E-state index contributed by atoms with van der Waals surface area (Å²) in [5.41, 5.74) is 2.63. The van der Waals surface area contributed by atoms with Crippen LogP contribution in [-0.2, 0) is 11.2 Å². The summed E-state index contributed by atoms with van der Waals surface area (Å²) in [6.07, 6.45) is 1.14. The molecule has 2 aromatic rings. The Morgan fingerprint density at radius 1 is 1.04 bits per heavy atom. The van der Waals surface area contributed by atoms with Crippen LogP contribution in [0.25, 0.3) is 0 Å². The van der Waals surface area contributed by atoms with Crippen molar-refractivity contribution in [2.24, 2.45) is 0 Å². The molecule has 0 aliphatic carbocycles. The molecule has 2 aromatic carbocycles. The number of hydrogen-bond donors (Lipinski definition) is 2. The first-order valence-corrected chi connectivity index (χ1v) is 8.33. The predicted molar refractivity (Wildman–Crippen MR) is 99.3 cm³/mol. The SMILES string of the molecule is COc1cccc(CCNC(=O)CCNc2cccc(C(C)=O)c2)c1. The Morgan fingerprint density at radius 3 is 2.60 bits per heavy atom. The topological polar surface area (TPSA) is 67.4 Å². The van der Waals surface area contributed by atoms with Gasteiger partial charge in [0, 0.05) is 30.8 Å². The van der Waals surface area contributed by atoms with E-state index in [4.69, 9.17) is 4.74 Å². The van der Waals surface area contributed by atoms with Gasteiger partial charge in [-0.3, -0.25) is 9.59 Å². The molecular formula is C20H24N2O3. The Labute approximate surface area is 148 Å². The molecule has 0 fully saturated rings. The van der Waals surface area contributed by atoms with Crippen LogP contribution in [0.3, 0.4) is 0 Å². The monoisotopic (exact) mass is 340 g/mol. The first-order valence-electron chi connectivity index (χ1n) is 8.33. The number of methoxy groups -OCH3 is 1. The van der Waals surface area contributed by atoms with Crippen LogP contribution in [0.1, 0.15) is 29.3 Å². The number of rotatable bonds is 9. The zero-order valence-electron chi connectivity index (χ0n) is 14.7. The van der Waals surface area contributed by atoms with Crippen LogP contribution in [0, 0.1) is 0 Å². The fraction of sp³-hybridized carbons (Fsp3) is 0.300. The van der Waals surface area contributed by atoms with Gasteiger partial charge in [-0.2, -0.15) is 0 Å². The van der Waals surface area contributed by atoms with E-state index in [1.54, 1.807) is 19.2 Å². The van der Waals surface area contributed by atoms with Crippen LogP contribution in [-0.4, -0.2) is 31.9 Å². The normalized spacial score (nSPS) is 10.2. The number of nitrogens with one attached hydrogen (secondary N) is 2. The lowest BCUT2D eigenvalue weighted by Crippen LogP contribution is -2.27. The van der Waals surface area contributed by atoms with Crippen molar-refractivity contribution in [2.45, 2.75) is 19.8 Å². The summed E-state index contributed by atoms with van der Waals surface area (Å²) in [7, 11) is 1.64. The van der Waals surface area contributed by atoms with Crippen LogP contribution in [0.5, 0.6) is 5.75 Å². The molecule has 0 spiro atoms. The second-order valence-corrected chi connectivity index (χ2v) is 5.77. The summed E-state index contributed by atoms with van der Waals surface area (Å²) in [6, 6.07) is 15.1. The van der Waals surface area contributed by atoms with E-state index < -0.39 is 0 Å². The molecule has 0 unspecified atom stereocenters. The Hall–Kier alpha value is -2.82. The molecule has 0 aromatic heterocycles. The molecule has 0 saturated heterocycles. The lowest BCUT2D eigenvalue weighted by Gasteiger charge is -2.09. The molecule has 0 atom stereocenters. The maximum atomic E-state index is 11.9. The summed E-state index contributed by atoms with van der Waals surface area (Å²) >= 11 is 0. The zero-order valence-corrected chi connectivity index (χ0v) is 14.7. The molecule has 0 radical (unpaired) electrons. The van der Waals surface area contributed by atoms with Gasteiger partial charge in [0.05, 0.1) is 7.11 Å². The molecule has 0 saturated carbocycles. The zero-order chi connectivity index (χ0) is 18.1. The third kappa shape index (κ3) is 6.30. The number of hydrogen-bond acceptors (Lipinski definition) is 4. The lowest BCUT2D eigenvalue weighted by atomic mass is 10.1. The highest BCUT2D eigenvalue weighted by Crippen LogP contribution is 2.13. The minimum Gasteiger partial charge on any atom is -0.497 e. The van der Waals surface area contributed by atoms with Gasteiger partial charge < -0.3 is 15.4 Å². The first-order chi connectivity index (χ1) is 12.1. The maximum Gasteiger partial charge on any atom is 0.221 e. The summed E-state index contributed by atoms with van der Waals surface area (Å²) in [5.74, 6) is 0.845. The molecule has 0 aliphatic rings. The van der Waals surface area contributed by atoms with Gasteiger partial charge in [0.25, 0.3) is 0 Å². The number of carbonyl (C=O) groups excluding carboxylic acids is 2. The second-order valence-electron chi connectivity index (χ2n) is 5.77. The molecule has 25 heavy (non-hydrogen) atoms. The van der Waals surface area contributed by atoms with Crippen molar-refractivity contribution in [1.82, 2.24) is 5.32 Å². The average molecular weight is 340 g/mol. The summed E-state index contributed by atoms with van der Waals surface area (Å²) in [5, 5.41) is 6.08. The third-order valence-electron chi connectivity index (χ3n) is 3.82. The maximum absolute atomic E-state index is 11.9. The molecule has 132 valence electrons. The van der Waals surface area contributed by atoms with Crippen LogP contribution in [0.15, 0.2) is 48.5 Å². The summed E-state index contributed by atoms with van der Waals surface area (Å²) in [4.78, 5) is 23.2. The van der Waals surface area contributed by atoms with Crippen molar-refractivity contribution in [2.75, 3.05) is 25.5 Å². The molecule has 5 nitrogen and oxygen atoms in total. The molecule has 0 bridgehead atoms. The standard InChI is InChI=1S/C20H24N2O3/c1-15(23)17-6-4-7-18(14-17)21-12-10-20(24)22-11-9-16-5-3-8-19(13-16)25-2/h3-8,13-14,21H,9-12H2,1-2H3,(H,22,24). The fourth-order valence-electron chi connectivity index (χ4n) is 2.43. The highest BCUT2D eigenvalue weighted by atomic mass is 16.5. The van der Waals surface area contributed by atoms with Crippen LogP contribution >= 0.6 is 0 Å². The van der Waals surface area contributed by atoms with E-state index in [0.717, 1.165) is 23.4 Å². The molecule has 1 amide bonds. The summed E-state index contributed by atoms with van der Waals surface area (Å²) < 4.78 is 5.18. The van der Waals surface area contributed by atoms with Gasteiger partial charge in [-0.1, -0.05) is 24.3 Å². The van der Waals surface area contributed by atoms with Gasteiger partial charge in [-0.25, -0.2) is 0 Å². The van der Waals surface area contributed by atoms with Gasteiger partial charge in [-0.05, 0) is 43.2 Å². The molecule has 0 heterocycles. The number of Topliss-reactive ketones (excluding diaryl/α,β-unsaturated/α-hetero) is 1.